The lowest BCUT2D eigenvalue weighted by molar-refractivity contribution is -0.144. The van der Waals surface area contributed by atoms with Gasteiger partial charge in [-0.05, 0) is 123 Å². The molecule has 3 aliphatic heterocycles. The van der Waals surface area contributed by atoms with Gasteiger partial charge in [-0.25, -0.2) is 4.98 Å². The number of primary amides is 1. The summed E-state index contributed by atoms with van der Waals surface area (Å²) in [5.41, 5.74) is 11.3. The molecule has 0 saturated carbocycles. The molecule has 3 aliphatic rings. The largest absolute Gasteiger partial charge is 0.396 e. The molecule has 3 saturated heterocycles. The molecule has 87 heavy (non-hydrogen) atoms. The first-order chi connectivity index (χ1) is 41.2. The molecule has 8 rings (SSSR count). The van der Waals surface area contributed by atoms with E-state index < -0.39 is 42.9 Å². The molecular weight excluding hydrogens is 1180 g/mol. The highest BCUT2D eigenvalue weighted by molar-refractivity contribution is 7.70. The smallest absolute Gasteiger partial charge is 0.391 e. The van der Waals surface area contributed by atoms with Crippen LogP contribution in [0.5, 0.6) is 0 Å². The van der Waals surface area contributed by atoms with Crippen LogP contribution < -0.4 is 21.7 Å². The number of ketones is 1. The van der Waals surface area contributed by atoms with Crippen LogP contribution in [0.4, 0.5) is 0 Å². The van der Waals surface area contributed by atoms with Crippen LogP contribution >= 0.6 is 30.5 Å². The Balaban J connectivity index is 0.000000336. The second-order valence-corrected chi connectivity index (χ2v) is 26.3. The number of carbonyl (C=O) groups is 9. The highest BCUT2D eigenvalue weighted by atomic mass is 35.5. The van der Waals surface area contributed by atoms with Crippen LogP contribution in [0, 0.1) is 18.3 Å². The number of H-pyrrole nitrogens is 1. The molecular formula is C62H81ClN9O13PS. The van der Waals surface area contributed by atoms with E-state index >= 15 is 0 Å². The highest BCUT2D eigenvalue weighted by Gasteiger charge is 2.45. The fourth-order valence-electron chi connectivity index (χ4n) is 11.0. The van der Waals surface area contributed by atoms with E-state index in [-0.39, 0.29) is 77.6 Å². The van der Waals surface area contributed by atoms with Crippen LogP contribution in [-0.4, -0.2) is 150 Å². The third kappa shape index (κ3) is 20.2. The summed E-state index contributed by atoms with van der Waals surface area (Å²) in [6, 6.07) is 16.8. The molecule has 470 valence electrons. The van der Waals surface area contributed by atoms with Crippen LogP contribution in [-0.2, 0) is 57.5 Å². The van der Waals surface area contributed by atoms with Crippen molar-refractivity contribution < 1.29 is 62.6 Å². The number of β-amino-alcohol motifs (C(OH)–C–C–N with tert-alkyl or cyclic N) is 1. The predicted octanol–water partition coefficient (Wildman–Crippen LogP) is 6.77. The van der Waals surface area contributed by atoms with Gasteiger partial charge in [0.1, 0.15) is 11.7 Å². The molecule has 9 N–H and O–H groups in total. The Morgan fingerprint density at radius 2 is 1.62 bits per heavy atom. The van der Waals surface area contributed by atoms with Gasteiger partial charge in [0, 0.05) is 99.9 Å². The number of aromatic nitrogens is 2. The first-order valence-corrected chi connectivity index (χ1v) is 32.0. The zero-order valence-corrected chi connectivity index (χ0v) is 52.6. The SMILES string of the molecule is CC(C)(C)CC(=O)N1CCC(O)C1.CNC(=O)CCCc1cccc(CCC(CCC(N)=O)CC(=O)C2CC[C@@H]3CCN(C(C)=O)CC(NC(=O)c4cc5cc(C(=O)P(=O)(O)O)ccc5[nH]4)C(=O)N23)c1Cl.Cc1ncsc1-c1ccc(CNC=O)cc1. The molecule has 5 aromatic rings. The molecule has 2 aromatic heterocycles. The molecule has 5 atom stereocenters. The minimum atomic E-state index is -5.05. The molecule has 0 bridgehead atoms. The fraction of sp³-hybridized carbons (Fsp3) is 0.484. The molecule has 3 aromatic carbocycles. The van der Waals surface area contributed by atoms with Gasteiger partial charge in [-0.1, -0.05) is 74.8 Å². The molecule has 0 spiro atoms. The number of nitrogens with two attached hydrogens (primary N) is 1. The summed E-state index contributed by atoms with van der Waals surface area (Å²) >= 11 is 8.43. The number of amides is 7. The van der Waals surface area contributed by atoms with Gasteiger partial charge in [0.2, 0.25) is 35.9 Å². The predicted molar refractivity (Wildman–Crippen MR) is 331 cm³/mol. The lowest BCUT2D eigenvalue weighted by Crippen LogP contribution is -2.60. The summed E-state index contributed by atoms with van der Waals surface area (Å²) in [6.45, 7) is 11.5. The lowest BCUT2D eigenvalue weighted by Gasteiger charge is -2.38. The number of aliphatic hydroxyl groups excluding tert-OH is 1. The number of aryl methyl sites for hydroxylation is 3. The number of hydrogen-bond donors (Lipinski definition) is 8. The van der Waals surface area contributed by atoms with Crippen molar-refractivity contribution in [1.29, 1.82) is 0 Å². The number of Topliss-reactive ketones (excluding diaryl/α,β-unsaturated/α-hetero) is 1. The van der Waals surface area contributed by atoms with E-state index in [1.807, 2.05) is 42.8 Å². The molecule has 0 radical (unpaired) electrons. The summed E-state index contributed by atoms with van der Waals surface area (Å²) in [7, 11) is -3.46. The Morgan fingerprint density at radius 3 is 2.23 bits per heavy atom. The van der Waals surface area contributed by atoms with Crippen LogP contribution in [0.1, 0.15) is 142 Å². The van der Waals surface area contributed by atoms with Crippen molar-refractivity contribution in [2.45, 2.75) is 149 Å². The zero-order valence-electron chi connectivity index (χ0n) is 50.1. The second kappa shape index (κ2) is 31.7. The minimum Gasteiger partial charge on any atom is -0.391 e. The number of rotatable bonds is 22. The van der Waals surface area contributed by atoms with Crippen molar-refractivity contribution in [2.75, 3.05) is 33.2 Å². The molecule has 4 unspecified atom stereocenters. The molecule has 22 nitrogen and oxygen atoms in total. The van der Waals surface area contributed by atoms with Crippen molar-refractivity contribution >= 4 is 94.6 Å². The maximum Gasteiger partial charge on any atom is 0.396 e. The van der Waals surface area contributed by atoms with Crippen molar-refractivity contribution in [3.8, 4) is 10.4 Å². The number of hydrogen-bond acceptors (Lipinski definition) is 13. The summed E-state index contributed by atoms with van der Waals surface area (Å²) in [6.07, 6.45) is 6.24. The lowest BCUT2D eigenvalue weighted by atomic mass is 9.88. The third-order valence-electron chi connectivity index (χ3n) is 15.6. The Morgan fingerprint density at radius 1 is 0.920 bits per heavy atom. The maximum atomic E-state index is 14.4. The standard InChI is InChI=1S/C40H50ClN6O10P.C12H12N2OS.C10H19NO2/c1-23(48)46-18-17-29-13-15-33(34(49)19-24(10-16-35(42)50)9-11-26-6-3-5-25(37(26)41)7-4-8-36(51)43-2)47(29)39(53)32(22-46)45-38(52)31-21-28-20-27(12-14-30(28)44-31)40(54)58(55,56)57;1-9-12(16-8-14-9)11-4-2-10(3-5-11)6-13-7-15;1-10(2,3)6-9(13)11-5-4-8(12)7-11/h3,5-6,12,14,20-21,24,29,32-33,44H,4,7-11,13,15-19,22H2,1-2H3,(H2,42,50)(H,43,51)(H,45,52)(H2,55,56,57);2-5,7-8H,6H2,1H3,(H,13,15);8,12H,4-7H2,1-3H3/t24?,29-,32?,33?;;/m1../s1. The van der Waals surface area contributed by atoms with Crippen LogP contribution in [0.3, 0.4) is 0 Å². The summed E-state index contributed by atoms with van der Waals surface area (Å²) in [4.78, 5) is 144. The summed E-state index contributed by atoms with van der Waals surface area (Å²) < 4.78 is 11.5. The summed E-state index contributed by atoms with van der Waals surface area (Å²) in [5, 5.41) is 18.2. The van der Waals surface area contributed by atoms with Gasteiger partial charge in [0.25, 0.3) is 11.4 Å². The Hall–Kier alpha value is -7.14. The average molecular weight is 1260 g/mol. The van der Waals surface area contributed by atoms with Gasteiger partial charge in [0.05, 0.1) is 28.2 Å². The monoisotopic (exact) mass is 1260 g/mol. The number of fused-ring (bicyclic) bond motifs is 2. The van der Waals surface area contributed by atoms with E-state index in [2.05, 4.69) is 58.8 Å². The number of carbonyl (C=O) groups excluding carboxylic acids is 9. The Kier molecular flexibility index (Phi) is 25.1. The van der Waals surface area contributed by atoms with Gasteiger partial charge in [-0.2, -0.15) is 0 Å². The number of benzene rings is 3. The Bertz CT molecular complexity index is 3320. The van der Waals surface area contributed by atoms with E-state index in [1.54, 1.807) is 28.2 Å². The van der Waals surface area contributed by atoms with Gasteiger partial charge < -0.3 is 56.3 Å². The zero-order chi connectivity index (χ0) is 63.8. The number of nitrogens with one attached hydrogen (secondary N) is 4. The van der Waals surface area contributed by atoms with E-state index in [0.29, 0.717) is 106 Å². The minimum absolute atomic E-state index is 0.00237. The van der Waals surface area contributed by atoms with Crippen LogP contribution in [0.2, 0.25) is 5.02 Å². The number of aromatic amines is 1. The van der Waals surface area contributed by atoms with Crippen molar-refractivity contribution in [3.63, 3.8) is 0 Å². The summed E-state index contributed by atoms with van der Waals surface area (Å²) in [5.74, 6) is -2.31. The van der Waals surface area contributed by atoms with Crippen molar-refractivity contribution in [3.05, 3.63) is 111 Å². The van der Waals surface area contributed by atoms with Gasteiger partial charge in [-0.3, -0.25) is 47.7 Å². The fourth-order valence-corrected chi connectivity index (χ4v) is 12.6. The van der Waals surface area contributed by atoms with Crippen LogP contribution in [0.15, 0.2) is 72.2 Å². The van der Waals surface area contributed by atoms with Gasteiger partial charge in [0.15, 0.2) is 5.78 Å². The number of halogens is 1. The van der Waals surface area contributed by atoms with E-state index in [1.165, 1.54) is 46.5 Å². The highest BCUT2D eigenvalue weighted by Crippen LogP contribution is 2.40. The van der Waals surface area contributed by atoms with Crippen molar-refractivity contribution in [2.24, 2.45) is 17.1 Å². The number of aliphatic hydroxyl groups is 1. The average Bonchev–Trinajstić information content (AvgIpc) is 1.85. The number of nitrogens with zero attached hydrogens (tertiary/aromatic N) is 4. The first-order valence-electron chi connectivity index (χ1n) is 29.2. The van der Waals surface area contributed by atoms with Gasteiger partial charge in [-0.15, -0.1) is 11.3 Å². The topological polar surface area (TPSA) is 332 Å². The third-order valence-corrected chi connectivity index (χ3v) is 17.9. The van der Waals surface area contributed by atoms with Crippen molar-refractivity contribution in [1.82, 2.24) is 40.6 Å². The molecule has 7 amide bonds. The van der Waals surface area contributed by atoms with E-state index in [9.17, 15) is 62.6 Å². The van der Waals surface area contributed by atoms with Gasteiger partial charge >= 0.3 is 7.60 Å². The first kappa shape index (κ1) is 69.0. The van der Waals surface area contributed by atoms with E-state index in [0.717, 1.165) is 35.3 Å². The van der Waals surface area contributed by atoms with E-state index in [4.69, 9.17) is 17.3 Å². The molecule has 0 aliphatic carbocycles. The molecule has 3 fully saturated rings. The second-order valence-electron chi connectivity index (χ2n) is 23.6. The quantitative estimate of drug-likeness (QED) is 0.0262. The maximum absolute atomic E-state index is 14.4. The van der Waals surface area contributed by atoms with Crippen LogP contribution in [0.25, 0.3) is 21.3 Å². The normalized spacial score (nSPS) is 18.0. The molecule has 5 heterocycles. The number of likely N-dealkylation sites (tertiary alicyclic amines) is 1. The number of thiazole rings is 1. The molecule has 25 heteroatoms. The Labute approximate surface area is 515 Å².